The Morgan fingerprint density at radius 3 is 2.27 bits per heavy atom. The molecule has 0 aliphatic carbocycles. The van der Waals surface area contributed by atoms with Crippen LogP contribution in [0.15, 0.2) is 24.3 Å². The molecule has 0 saturated heterocycles. The van der Waals surface area contributed by atoms with Crippen molar-refractivity contribution in [2.45, 2.75) is 46.0 Å². The van der Waals surface area contributed by atoms with Gasteiger partial charge in [-0.25, -0.2) is 0 Å². The zero-order chi connectivity index (χ0) is 11.1. The molecular formula is C14H22O. The van der Waals surface area contributed by atoms with E-state index in [0.717, 1.165) is 18.8 Å². The number of benzene rings is 1. The maximum Gasteiger partial charge on any atom is 0.119 e. The molecule has 84 valence electrons. The van der Waals surface area contributed by atoms with E-state index in [2.05, 4.69) is 45.0 Å². The van der Waals surface area contributed by atoms with Crippen LogP contribution in [0.5, 0.6) is 5.75 Å². The highest BCUT2D eigenvalue weighted by Crippen LogP contribution is 2.18. The van der Waals surface area contributed by atoms with Crippen LogP contribution in [0.25, 0.3) is 0 Å². The normalized spacial score (nSPS) is 10.7. The van der Waals surface area contributed by atoms with Crippen LogP contribution in [0.4, 0.5) is 0 Å². The largest absolute Gasteiger partial charge is 0.494 e. The Morgan fingerprint density at radius 1 is 1.07 bits per heavy atom. The van der Waals surface area contributed by atoms with Gasteiger partial charge in [-0.2, -0.15) is 0 Å². The van der Waals surface area contributed by atoms with Crippen LogP contribution in [-0.4, -0.2) is 6.61 Å². The minimum Gasteiger partial charge on any atom is -0.494 e. The summed E-state index contributed by atoms with van der Waals surface area (Å²) in [5, 5.41) is 0. The first kappa shape index (κ1) is 12.1. The molecule has 0 bridgehead atoms. The van der Waals surface area contributed by atoms with Crippen LogP contribution in [0.2, 0.25) is 0 Å². The molecule has 0 aliphatic heterocycles. The predicted octanol–water partition coefficient (Wildman–Crippen LogP) is 4.38. The molecule has 1 nitrogen and oxygen atoms in total. The van der Waals surface area contributed by atoms with Crippen molar-refractivity contribution in [3.05, 3.63) is 29.8 Å². The number of rotatable bonds is 6. The molecule has 15 heavy (non-hydrogen) atoms. The summed E-state index contributed by atoms with van der Waals surface area (Å²) in [4.78, 5) is 0. The van der Waals surface area contributed by atoms with Crippen LogP contribution in [-0.2, 0) is 0 Å². The summed E-state index contributed by atoms with van der Waals surface area (Å²) >= 11 is 0. The fourth-order valence-corrected chi connectivity index (χ4v) is 1.49. The van der Waals surface area contributed by atoms with E-state index in [1.807, 2.05) is 0 Å². The van der Waals surface area contributed by atoms with Crippen LogP contribution >= 0.6 is 0 Å². The van der Waals surface area contributed by atoms with E-state index < -0.39 is 0 Å². The first-order valence-corrected chi connectivity index (χ1v) is 5.96. The van der Waals surface area contributed by atoms with E-state index in [1.54, 1.807) is 0 Å². The van der Waals surface area contributed by atoms with E-state index in [1.165, 1.54) is 18.4 Å². The van der Waals surface area contributed by atoms with Crippen molar-refractivity contribution in [2.75, 3.05) is 6.61 Å². The molecule has 0 fully saturated rings. The second-order valence-corrected chi connectivity index (χ2v) is 4.28. The van der Waals surface area contributed by atoms with E-state index >= 15 is 0 Å². The molecule has 1 aromatic carbocycles. The molecular weight excluding hydrogens is 184 g/mol. The highest BCUT2D eigenvalue weighted by molar-refractivity contribution is 5.28. The fraction of sp³-hybridized carbons (Fsp3) is 0.571. The molecule has 1 aromatic rings. The summed E-state index contributed by atoms with van der Waals surface area (Å²) in [6, 6.07) is 8.45. The van der Waals surface area contributed by atoms with E-state index in [0.29, 0.717) is 5.92 Å². The summed E-state index contributed by atoms with van der Waals surface area (Å²) in [7, 11) is 0. The maximum atomic E-state index is 5.64. The molecule has 1 rings (SSSR count). The third-order valence-corrected chi connectivity index (χ3v) is 2.56. The Morgan fingerprint density at radius 2 is 1.73 bits per heavy atom. The van der Waals surface area contributed by atoms with Gasteiger partial charge in [0.25, 0.3) is 0 Å². The zero-order valence-electron chi connectivity index (χ0n) is 10.1. The van der Waals surface area contributed by atoms with Crippen molar-refractivity contribution >= 4 is 0 Å². The van der Waals surface area contributed by atoms with Gasteiger partial charge in [-0.05, 0) is 30.0 Å². The monoisotopic (exact) mass is 206 g/mol. The Labute approximate surface area is 93.5 Å². The summed E-state index contributed by atoms with van der Waals surface area (Å²) in [6.07, 6.45) is 3.65. The molecule has 0 heterocycles. The molecule has 0 unspecified atom stereocenters. The van der Waals surface area contributed by atoms with Crippen molar-refractivity contribution in [3.63, 3.8) is 0 Å². The quantitative estimate of drug-likeness (QED) is 0.628. The summed E-state index contributed by atoms with van der Waals surface area (Å²) in [5.74, 6) is 1.59. The lowest BCUT2D eigenvalue weighted by Gasteiger charge is -2.08. The lowest BCUT2D eigenvalue weighted by atomic mass is 10.0. The molecule has 0 spiro atoms. The maximum absolute atomic E-state index is 5.64. The van der Waals surface area contributed by atoms with Gasteiger partial charge in [0, 0.05) is 0 Å². The van der Waals surface area contributed by atoms with Crippen molar-refractivity contribution in [3.8, 4) is 5.75 Å². The summed E-state index contributed by atoms with van der Waals surface area (Å²) in [6.45, 7) is 7.46. The van der Waals surface area contributed by atoms with Gasteiger partial charge >= 0.3 is 0 Å². The van der Waals surface area contributed by atoms with E-state index in [4.69, 9.17) is 4.74 Å². The first-order valence-electron chi connectivity index (χ1n) is 5.96. The minimum absolute atomic E-state index is 0.596. The van der Waals surface area contributed by atoms with Crippen LogP contribution < -0.4 is 4.74 Å². The highest BCUT2D eigenvalue weighted by atomic mass is 16.5. The summed E-state index contributed by atoms with van der Waals surface area (Å²) < 4.78 is 5.64. The number of hydrogen-bond donors (Lipinski definition) is 0. The van der Waals surface area contributed by atoms with Gasteiger partial charge in [-0.3, -0.25) is 0 Å². The smallest absolute Gasteiger partial charge is 0.119 e. The molecule has 0 atom stereocenters. The van der Waals surface area contributed by atoms with Crippen LogP contribution in [0, 0.1) is 0 Å². The van der Waals surface area contributed by atoms with E-state index in [9.17, 15) is 0 Å². The minimum atomic E-state index is 0.596. The van der Waals surface area contributed by atoms with Crippen molar-refractivity contribution in [1.82, 2.24) is 0 Å². The molecule has 0 amide bonds. The van der Waals surface area contributed by atoms with Gasteiger partial charge in [0.2, 0.25) is 0 Å². The number of hydrogen-bond acceptors (Lipinski definition) is 1. The SMILES string of the molecule is CCCCCOc1ccc(C(C)C)cc1. The average Bonchev–Trinajstić information content (AvgIpc) is 2.25. The summed E-state index contributed by atoms with van der Waals surface area (Å²) in [5.41, 5.74) is 1.37. The van der Waals surface area contributed by atoms with Gasteiger partial charge < -0.3 is 4.74 Å². The number of ether oxygens (including phenoxy) is 1. The Balaban J connectivity index is 2.36. The third-order valence-electron chi connectivity index (χ3n) is 2.56. The van der Waals surface area contributed by atoms with Crippen molar-refractivity contribution in [2.24, 2.45) is 0 Å². The van der Waals surface area contributed by atoms with Gasteiger partial charge in [0.1, 0.15) is 5.75 Å². The third kappa shape index (κ3) is 4.37. The standard InChI is InChI=1S/C14H22O/c1-4-5-6-11-15-14-9-7-13(8-10-14)12(2)3/h7-10,12H,4-6,11H2,1-3H3. The zero-order valence-corrected chi connectivity index (χ0v) is 10.1. The highest BCUT2D eigenvalue weighted by Gasteiger charge is 1.98. The Kier molecular flexibility index (Phi) is 5.23. The predicted molar refractivity (Wildman–Crippen MR) is 65.6 cm³/mol. The molecule has 0 aliphatic rings. The van der Waals surface area contributed by atoms with Gasteiger partial charge in [0.05, 0.1) is 6.61 Å². The number of unbranched alkanes of at least 4 members (excludes halogenated alkanes) is 2. The van der Waals surface area contributed by atoms with Crippen LogP contribution in [0.1, 0.15) is 51.5 Å². The van der Waals surface area contributed by atoms with Gasteiger partial charge in [0.15, 0.2) is 0 Å². The average molecular weight is 206 g/mol. The fourth-order valence-electron chi connectivity index (χ4n) is 1.49. The Hall–Kier alpha value is -0.980. The lowest BCUT2D eigenvalue weighted by molar-refractivity contribution is 0.306. The molecule has 0 radical (unpaired) electrons. The second-order valence-electron chi connectivity index (χ2n) is 4.28. The topological polar surface area (TPSA) is 9.23 Å². The van der Waals surface area contributed by atoms with Crippen molar-refractivity contribution < 1.29 is 4.74 Å². The molecule has 1 heteroatoms. The molecule has 0 saturated carbocycles. The van der Waals surface area contributed by atoms with Gasteiger partial charge in [-0.15, -0.1) is 0 Å². The first-order chi connectivity index (χ1) is 7.24. The van der Waals surface area contributed by atoms with Crippen LogP contribution in [0.3, 0.4) is 0 Å². The van der Waals surface area contributed by atoms with Crippen molar-refractivity contribution in [1.29, 1.82) is 0 Å². The van der Waals surface area contributed by atoms with Gasteiger partial charge in [-0.1, -0.05) is 45.7 Å². The van der Waals surface area contributed by atoms with E-state index in [-0.39, 0.29) is 0 Å². The molecule has 0 N–H and O–H groups in total. The molecule has 0 aromatic heterocycles. The second kappa shape index (κ2) is 6.49. The Bertz CT molecular complexity index is 261. The lowest BCUT2D eigenvalue weighted by Crippen LogP contribution is -1.97.